The summed E-state index contributed by atoms with van der Waals surface area (Å²) in [5, 5.41) is 4.00. The number of thioether (sulfide) groups is 1. The predicted octanol–water partition coefficient (Wildman–Crippen LogP) is 3.90. The molecule has 0 saturated carbocycles. The zero-order valence-corrected chi connectivity index (χ0v) is 13.6. The number of hydrazone groups is 1. The molecule has 1 N–H and O–H groups in total. The van der Waals surface area contributed by atoms with Crippen LogP contribution in [-0.2, 0) is 11.2 Å². The Morgan fingerprint density at radius 1 is 1.09 bits per heavy atom. The van der Waals surface area contributed by atoms with Crippen LogP contribution in [0, 0.1) is 0 Å². The summed E-state index contributed by atoms with van der Waals surface area (Å²) in [4.78, 5) is 13.1. The van der Waals surface area contributed by atoms with Crippen molar-refractivity contribution >= 4 is 23.4 Å². The summed E-state index contributed by atoms with van der Waals surface area (Å²) in [6.45, 7) is 3.80. The van der Waals surface area contributed by atoms with Gasteiger partial charge in [-0.05, 0) is 31.5 Å². The molecule has 0 spiro atoms. The minimum atomic E-state index is -0.185. The first-order chi connectivity index (χ1) is 10.6. The van der Waals surface area contributed by atoms with Gasteiger partial charge in [0.25, 0.3) is 5.91 Å². The first-order valence-corrected chi connectivity index (χ1v) is 8.12. The fourth-order valence-corrected chi connectivity index (χ4v) is 2.81. The molecule has 0 heterocycles. The molecule has 0 saturated heterocycles. The van der Waals surface area contributed by atoms with Crippen molar-refractivity contribution < 1.29 is 4.79 Å². The quantitative estimate of drug-likeness (QED) is 0.499. The Morgan fingerprint density at radius 2 is 1.68 bits per heavy atom. The molecule has 0 radical (unpaired) electrons. The van der Waals surface area contributed by atoms with Crippen molar-refractivity contribution in [2.24, 2.45) is 5.10 Å². The van der Waals surface area contributed by atoms with Gasteiger partial charge in [0.2, 0.25) is 0 Å². The largest absolute Gasteiger partial charge is 0.272 e. The third kappa shape index (κ3) is 5.37. The van der Waals surface area contributed by atoms with Crippen LogP contribution in [0.2, 0.25) is 0 Å². The lowest BCUT2D eigenvalue weighted by Gasteiger charge is -2.10. The molecule has 0 aliphatic rings. The summed E-state index contributed by atoms with van der Waals surface area (Å²) >= 11 is 1.53. The standard InChI is InChI=1S/C18H20N2OS/c1-14(13-16-9-5-3-6-10-16)19-20-18(21)15(2)22-17-11-7-4-8-12-17/h3-12,15H,13H2,1-2H3,(H,20,21)/b19-14-/t15-/m1/s1. The minimum Gasteiger partial charge on any atom is -0.272 e. The highest BCUT2D eigenvalue weighted by Crippen LogP contribution is 2.22. The second kappa shape index (κ2) is 8.39. The Labute approximate surface area is 135 Å². The third-order valence-electron chi connectivity index (χ3n) is 3.09. The molecule has 2 aromatic rings. The lowest BCUT2D eigenvalue weighted by molar-refractivity contribution is -0.120. The molecule has 1 atom stereocenters. The van der Waals surface area contributed by atoms with Crippen molar-refractivity contribution in [2.75, 3.05) is 0 Å². The van der Waals surface area contributed by atoms with Crippen molar-refractivity contribution in [1.82, 2.24) is 5.43 Å². The minimum absolute atomic E-state index is 0.0822. The van der Waals surface area contributed by atoms with Crippen LogP contribution < -0.4 is 5.43 Å². The number of nitrogens with zero attached hydrogens (tertiary/aromatic N) is 1. The first-order valence-electron chi connectivity index (χ1n) is 7.24. The Kier molecular flexibility index (Phi) is 6.22. The van der Waals surface area contributed by atoms with Crippen LogP contribution in [0.25, 0.3) is 0 Å². The maximum atomic E-state index is 12.1. The predicted molar refractivity (Wildman–Crippen MR) is 93.2 cm³/mol. The molecule has 1 amide bonds. The van der Waals surface area contributed by atoms with Gasteiger partial charge in [0.1, 0.15) is 0 Å². The number of carbonyl (C=O) groups is 1. The van der Waals surface area contributed by atoms with E-state index >= 15 is 0 Å². The summed E-state index contributed by atoms with van der Waals surface area (Å²) in [5.41, 5.74) is 4.72. The van der Waals surface area contributed by atoms with Crippen LogP contribution in [0.15, 0.2) is 70.7 Å². The molecule has 114 valence electrons. The van der Waals surface area contributed by atoms with E-state index in [0.717, 1.165) is 17.0 Å². The highest BCUT2D eigenvalue weighted by atomic mass is 32.2. The summed E-state index contributed by atoms with van der Waals surface area (Å²) < 4.78 is 0. The zero-order valence-electron chi connectivity index (χ0n) is 12.8. The van der Waals surface area contributed by atoms with Gasteiger partial charge in [-0.25, -0.2) is 5.43 Å². The van der Waals surface area contributed by atoms with Gasteiger partial charge in [-0.15, -0.1) is 11.8 Å². The van der Waals surface area contributed by atoms with E-state index in [1.807, 2.05) is 62.4 Å². The monoisotopic (exact) mass is 312 g/mol. The SMILES string of the molecule is C/C(Cc1ccccc1)=N/NC(=O)[C@@H](C)Sc1ccccc1. The van der Waals surface area contributed by atoms with E-state index in [0.29, 0.717) is 0 Å². The maximum Gasteiger partial charge on any atom is 0.253 e. The van der Waals surface area contributed by atoms with Gasteiger partial charge in [-0.2, -0.15) is 5.10 Å². The summed E-state index contributed by atoms with van der Waals surface area (Å²) in [6.07, 6.45) is 0.737. The number of carbonyl (C=O) groups excluding carboxylic acids is 1. The molecular formula is C18H20N2OS. The van der Waals surface area contributed by atoms with Crippen molar-refractivity contribution in [2.45, 2.75) is 30.4 Å². The van der Waals surface area contributed by atoms with Crippen LogP contribution in [0.4, 0.5) is 0 Å². The molecule has 4 heteroatoms. The van der Waals surface area contributed by atoms with Crippen molar-refractivity contribution in [3.8, 4) is 0 Å². The summed E-state index contributed by atoms with van der Waals surface area (Å²) in [7, 11) is 0. The average Bonchev–Trinajstić information content (AvgIpc) is 2.54. The van der Waals surface area contributed by atoms with Gasteiger partial charge in [0, 0.05) is 17.0 Å². The van der Waals surface area contributed by atoms with Gasteiger partial charge >= 0.3 is 0 Å². The molecule has 0 aliphatic heterocycles. The van der Waals surface area contributed by atoms with Crippen LogP contribution in [0.5, 0.6) is 0 Å². The van der Waals surface area contributed by atoms with Crippen molar-refractivity contribution in [3.63, 3.8) is 0 Å². The van der Waals surface area contributed by atoms with E-state index in [1.165, 1.54) is 17.3 Å². The maximum absolute atomic E-state index is 12.1. The topological polar surface area (TPSA) is 41.5 Å². The average molecular weight is 312 g/mol. The molecule has 0 aliphatic carbocycles. The Bertz CT molecular complexity index is 626. The van der Waals surface area contributed by atoms with Crippen LogP contribution in [-0.4, -0.2) is 16.9 Å². The Morgan fingerprint density at radius 3 is 2.32 bits per heavy atom. The van der Waals surface area contributed by atoms with Gasteiger partial charge in [0.05, 0.1) is 5.25 Å². The number of amides is 1. The molecule has 2 aromatic carbocycles. The lowest BCUT2D eigenvalue weighted by Crippen LogP contribution is -2.27. The Hall–Kier alpha value is -2.07. The molecule has 0 fully saturated rings. The van der Waals surface area contributed by atoms with Gasteiger partial charge in [-0.3, -0.25) is 4.79 Å². The second-order valence-corrected chi connectivity index (χ2v) is 6.47. The molecule has 0 unspecified atom stereocenters. The summed E-state index contributed by atoms with van der Waals surface area (Å²) in [6, 6.07) is 20.0. The fourth-order valence-electron chi connectivity index (χ4n) is 1.93. The molecule has 0 aromatic heterocycles. The number of nitrogens with one attached hydrogen (secondary N) is 1. The highest BCUT2D eigenvalue weighted by molar-refractivity contribution is 8.00. The van der Waals surface area contributed by atoms with Crippen LogP contribution in [0.1, 0.15) is 19.4 Å². The third-order valence-corrected chi connectivity index (χ3v) is 4.20. The van der Waals surface area contributed by atoms with E-state index in [2.05, 4.69) is 22.7 Å². The molecule has 3 nitrogen and oxygen atoms in total. The number of benzene rings is 2. The van der Waals surface area contributed by atoms with E-state index in [-0.39, 0.29) is 11.2 Å². The zero-order chi connectivity index (χ0) is 15.8. The summed E-state index contributed by atoms with van der Waals surface area (Å²) in [5.74, 6) is -0.0822. The van der Waals surface area contributed by atoms with E-state index < -0.39 is 0 Å². The second-order valence-electron chi connectivity index (χ2n) is 5.06. The molecular weight excluding hydrogens is 292 g/mol. The van der Waals surface area contributed by atoms with E-state index in [4.69, 9.17) is 0 Å². The smallest absolute Gasteiger partial charge is 0.253 e. The number of hydrogen-bond donors (Lipinski definition) is 1. The van der Waals surface area contributed by atoms with Gasteiger partial charge < -0.3 is 0 Å². The normalized spacial score (nSPS) is 12.7. The van der Waals surface area contributed by atoms with E-state index in [1.54, 1.807) is 0 Å². The van der Waals surface area contributed by atoms with Gasteiger partial charge in [0.15, 0.2) is 0 Å². The lowest BCUT2D eigenvalue weighted by atomic mass is 10.1. The van der Waals surface area contributed by atoms with Crippen LogP contribution in [0.3, 0.4) is 0 Å². The van der Waals surface area contributed by atoms with Crippen molar-refractivity contribution in [1.29, 1.82) is 0 Å². The van der Waals surface area contributed by atoms with Gasteiger partial charge in [-0.1, -0.05) is 48.5 Å². The number of hydrogen-bond acceptors (Lipinski definition) is 3. The molecule has 2 rings (SSSR count). The fraction of sp³-hybridized carbons (Fsp3) is 0.222. The van der Waals surface area contributed by atoms with Crippen LogP contribution >= 0.6 is 11.8 Å². The number of rotatable bonds is 6. The first kappa shape index (κ1) is 16.3. The molecule has 22 heavy (non-hydrogen) atoms. The van der Waals surface area contributed by atoms with E-state index in [9.17, 15) is 4.79 Å². The Balaban J connectivity index is 1.84. The molecule has 0 bridgehead atoms. The van der Waals surface area contributed by atoms with Crippen molar-refractivity contribution in [3.05, 3.63) is 66.2 Å². The highest BCUT2D eigenvalue weighted by Gasteiger charge is 2.13.